The van der Waals surface area contributed by atoms with Crippen molar-refractivity contribution >= 4 is 40.5 Å². The highest BCUT2D eigenvalue weighted by molar-refractivity contribution is 14.1. The first kappa shape index (κ1) is 29.0. The molecule has 2 N–H and O–H groups in total. The number of unbranched alkanes of at least 4 members (excludes halogenated alkanes) is 1. The average Bonchev–Trinajstić information content (AvgIpc) is 3.12. The van der Waals surface area contributed by atoms with Crippen molar-refractivity contribution in [2.24, 2.45) is 0 Å². The highest BCUT2D eigenvalue weighted by Gasteiger charge is 2.32. The van der Waals surface area contributed by atoms with Crippen LogP contribution in [0.5, 0.6) is 0 Å². The Morgan fingerprint density at radius 1 is 1.03 bits per heavy atom. The van der Waals surface area contributed by atoms with Gasteiger partial charge in [-0.2, -0.15) is 0 Å². The van der Waals surface area contributed by atoms with Crippen LogP contribution in [0.2, 0.25) is 0 Å². The number of hydrogen-bond donors (Lipinski definition) is 2. The molecule has 0 bridgehead atoms. The quantitative estimate of drug-likeness (QED) is 0.201. The molecule has 2 amide bonds. The predicted molar refractivity (Wildman–Crippen MR) is 167 cm³/mol. The second kappa shape index (κ2) is 15.0. The van der Waals surface area contributed by atoms with E-state index in [0.717, 1.165) is 34.8 Å². The smallest absolute Gasteiger partial charge is 0.244 e. The Balaban J connectivity index is 1.44. The molecule has 0 radical (unpaired) electrons. The fraction of sp³-hybridized carbons (Fsp3) is 0.333. The third-order valence-corrected chi connectivity index (χ3v) is 7.99. The van der Waals surface area contributed by atoms with E-state index in [1.165, 1.54) is 11.1 Å². The number of hydrogen-bond acceptors (Lipinski definition) is 3. The number of carbonyl (C=O) groups is 2. The van der Waals surface area contributed by atoms with Gasteiger partial charge in [0.1, 0.15) is 0 Å². The average molecular weight is 636 g/mol. The van der Waals surface area contributed by atoms with Crippen LogP contribution < -0.4 is 10.6 Å². The summed E-state index contributed by atoms with van der Waals surface area (Å²) in [6.45, 7) is 3.93. The molecule has 1 aliphatic heterocycles. The van der Waals surface area contributed by atoms with E-state index in [1.807, 2.05) is 47.4 Å². The maximum Gasteiger partial charge on any atom is 0.244 e. The van der Waals surface area contributed by atoms with Crippen LogP contribution in [0, 0.1) is 3.57 Å². The molecule has 1 aliphatic rings. The van der Waals surface area contributed by atoms with E-state index < -0.39 is 0 Å². The molecule has 39 heavy (non-hydrogen) atoms. The van der Waals surface area contributed by atoms with Crippen LogP contribution in [0.1, 0.15) is 55.2 Å². The molecule has 0 unspecified atom stereocenters. The first-order valence-corrected chi connectivity index (χ1v) is 15.0. The Morgan fingerprint density at radius 3 is 2.28 bits per heavy atom. The molecule has 3 aromatic rings. The van der Waals surface area contributed by atoms with Gasteiger partial charge in [-0.15, -0.1) is 0 Å². The summed E-state index contributed by atoms with van der Waals surface area (Å²) in [5.74, 6) is 0.139. The molecule has 2 atom stereocenters. The largest absolute Gasteiger partial charge is 0.351 e. The Bertz CT molecular complexity index is 1180. The lowest BCUT2D eigenvalue weighted by Crippen LogP contribution is -2.49. The fourth-order valence-electron chi connectivity index (χ4n) is 5.06. The van der Waals surface area contributed by atoms with Crippen molar-refractivity contribution in [2.75, 3.05) is 19.6 Å². The minimum absolute atomic E-state index is 0.0309. The molecule has 0 aromatic heterocycles. The van der Waals surface area contributed by atoms with Crippen molar-refractivity contribution in [2.45, 2.75) is 50.6 Å². The van der Waals surface area contributed by atoms with Gasteiger partial charge in [-0.05, 0) is 70.3 Å². The van der Waals surface area contributed by atoms with Crippen molar-refractivity contribution in [3.63, 3.8) is 0 Å². The summed E-state index contributed by atoms with van der Waals surface area (Å²) in [4.78, 5) is 28.4. The van der Waals surface area contributed by atoms with E-state index in [9.17, 15) is 9.59 Å². The van der Waals surface area contributed by atoms with Gasteiger partial charge in [-0.25, -0.2) is 0 Å². The van der Waals surface area contributed by atoms with Crippen LogP contribution >= 0.6 is 22.6 Å². The van der Waals surface area contributed by atoms with E-state index in [4.69, 9.17) is 0 Å². The molecule has 4 rings (SSSR count). The molecule has 0 saturated carbocycles. The standard InChI is InChI=1S/C33H38IN3O2/c1-2-3-14-31-33(39)37(24-30(26-10-6-4-7-11-26)27-12-8-5-9-13-27)22-21-29(36-31)23-35-32(38)20-17-25-15-18-28(34)19-16-25/h4-13,15-20,29-31,36H,2-3,14,21-24H2,1H3,(H,35,38)/b20-17+/t29-,31-/m0/s1. The minimum atomic E-state index is -0.246. The second-order valence-electron chi connectivity index (χ2n) is 10.1. The molecule has 3 aromatic carbocycles. The summed E-state index contributed by atoms with van der Waals surface area (Å²) < 4.78 is 1.16. The van der Waals surface area contributed by atoms with Gasteiger partial charge in [-0.3, -0.25) is 9.59 Å². The summed E-state index contributed by atoms with van der Waals surface area (Å²) in [7, 11) is 0. The molecule has 0 aliphatic carbocycles. The van der Waals surface area contributed by atoms with Gasteiger partial charge in [0, 0.05) is 41.2 Å². The van der Waals surface area contributed by atoms with Gasteiger partial charge >= 0.3 is 0 Å². The Kier molecular flexibility index (Phi) is 11.2. The van der Waals surface area contributed by atoms with Crippen LogP contribution in [0.4, 0.5) is 0 Å². The summed E-state index contributed by atoms with van der Waals surface area (Å²) in [5, 5.41) is 6.63. The minimum Gasteiger partial charge on any atom is -0.351 e. The Morgan fingerprint density at radius 2 is 1.67 bits per heavy atom. The van der Waals surface area contributed by atoms with Crippen LogP contribution in [0.25, 0.3) is 6.08 Å². The maximum atomic E-state index is 13.8. The zero-order valence-electron chi connectivity index (χ0n) is 22.6. The van der Waals surface area contributed by atoms with E-state index in [-0.39, 0.29) is 29.8 Å². The van der Waals surface area contributed by atoms with Crippen molar-refractivity contribution in [3.05, 3.63) is 111 Å². The number of rotatable bonds is 11. The topological polar surface area (TPSA) is 61.4 Å². The van der Waals surface area contributed by atoms with E-state index in [2.05, 4.69) is 88.7 Å². The van der Waals surface area contributed by atoms with Crippen molar-refractivity contribution in [3.8, 4) is 0 Å². The van der Waals surface area contributed by atoms with E-state index in [0.29, 0.717) is 19.6 Å². The van der Waals surface area contributed by atoms with Crippen LogP contribution in [0.15, 0.2) is 91.0 Å². The molecule has 1 saturated heterocycles. The number of carbonyl (C=O) groups excluding carboxylic acids is 2. The maximum absolute atomic E-state index is 13.8. The molecule has 5 nitrogen and oxygen atoms in total. The monoisotopic (exact) mass is 635 g/mol. The van der Waals surface area contributed by atoms with Gasteiger partial charge in [0.2, 0.25) is 11.8 Å². The molecule has 1 fully saturated rings. The van der Waals surface area contributed by atoms with Gasteiger partial charge in [-0.1, -0.05) is 92.6 Å². The molecular formula is C33H38IN3O2. The molecule has 0 spiro atoms. The van der Waals surface area contributed by atoms with Crippen molar-refractivity contribution in [1.29, 1.82) is 0 Å². The van der Waals surface area contributed by atoms with Crippen LogP contribution in [0.3, 0.4) is 0 Å². The lowest BCUT2D eigenvalue weighted by Gasteiger charge is -2.29. The van der Waals surface area contributed by atoms with Gasteiger partial charge in [0.25, 0.3) is 0 Å². The summed E-state index contributed by atoms with van der Waals surface area (Å²) in [6.07, 6.45) is 7.00. The summed E-state index contributed by atoms with van der Waals surface area (Å²) in [6, 6.07) is 28.7. The van der Waals surface area contributed by atoms with Gasteiger partial charge in [0.15, 0.2) is 0 Å². The second-order valence-corrected chi connectivity index (χ2v) is 11.4. The summed E-state index contributed by atoms with van der Waals surface area (Å²) in [5.41, 5.74) is 3.41. The number of amides is 2. The van der Waals surface area contributed by atoms with Gasteiger partial charge < -0.3 is 15.5 Å². The molecule has 1 heterocycles. The summed E-state index contributed by atoms with van der Waals surface area (Å²) >= 11 is 2.27. The van der Waals surface area contributed by atoms with Crippen molar-refractivity contribution < 1.29 is 9.59 Å². The first-order valence-electron chi connectivity index (χ1n) is 13.9. The third kappa shape index (κ3) is 8.77. The SMILES string of the molecule is CCCC[C@@H]1N[C@H](CNC(=O)/C=C/c2ccc(I)cc2)CCN(CC(c2ccccc2)c2ccccc2)C1=O. The van der Waals surface area contributed by atoms with Crippen LogP contribution in [-0.4, -0.2) is 48.4 Å². The van der Waals surface area contributed by atoms with Crippen LogP contribution in [-0.2, 0) is 9.59 Å². The normalized spacial score (nSPS) is 17.9. The zero-order chi connectivity index (χ0) is 27.5. The number of halogens is 1. The lowest BCUT2D eigenvalue weighted by atomic mass is 9.90. The first-order chi connectivity index (χ1) is 19.0. The predicted octanol–water partition coefficient (Wildman–Crippen LogP) is 6.00. The number of nitrogens with zero attached hydrogens (tertiary/aromatic N) is 1. The van der Waals surface area contributed by atoms with E-state index >= 15 is 0 Å². The Labute approximate surface area is 246 Å². The Hall–Kier alpha value is -2.97. The highest BCUT2D eigenvalue weighted by Crippen LogP contribution is 2.27. The highest BCUT2D eigenvalue weighted by atomic mass is 127. The number of benzene rings is 3. The lowest BCUT2D eigenvalue weighted by molar-refractivity contribution is -0.133. The van der Waals surface area contributed by atoms with Crippen molar-refractivity contribution in [1.82, 2.24) is 15.5 Å². The fourth-order valence-corrected chi connectivity index (χ4v) is 5.42. The van der Waals surface area contributed by atoms with E-state index in [1.54, 1.807) is 6.08 Å². The zero-order valence-corrected chi connectivity index (χ0v) is 24.7. The number of nitrogens with one attached hydrogen (secondary N) is 2. The van der Waals surface area contributed by atoms with Gasteiger partial charge in [0.05, 0.1) is 6.04 Å². The molecule has 6 heteroatoms. The molecule has 204 valence electrons. The third-order valence-electron chi connectivity index (χ3n) is 7.27. The molecular weight excluding hydrogens is 597 g/mol.